The van der Waals surface area contributed by atoms with E-state index >= 15 is 0 Å². The zero-order valence-corrected chi connectivity index (χ0v) is 19.7. The van der Waals surface area contributed by atoms with Gasteiger partial charge in [-0.25, -0.2) is 9.97 Å². The third-order valence-electron chi connectivity index (χ3n) is 5.94. The zero-order chi connectivity index (χ0) is 24.5. The first kappa shape index (κ1) is 21.6. The SMILES string of the molecule is C=C(CCC)Nc1cncc(-c2cc3c(-c4nc5nccc(-c6cccnc6)c5[nH]4)n[nH]c3cn2)c1. The van der Waals surface area contributed by atoms with E-state index in [1.165, 1.54) is 0 Å². The number of aromatic amines is 2. The molecule has 0 aliphatic rings. The molecule has 0 bridgehead atoms. The van der Waals surface area contributed by atoms with Crippen molar-refractivity contribution < 1.29 is 0 Å². The first-order chi connectivity index (χ1) is 17.7. The number of pyridine rings is 4. The summed E-state index contributed by atoms with van der Waals surface area (Å²) >= 11 is 0. The maximum Gasteiger partial charge on any atom is 0.178 e. The van der Waals surface area contributed by atoms with Crippen LogP contribution in [0, 0.1) is 0 Å². The Morgan fingerprint density at radius 1 is 1.00 bits per heavy atom. The Bertz CT molecular complexity index is 1700. The Labute approximate surface area is 206 Å². The van der Waals surface area contributed by atoms with E-state index in [1.807, 2.05) is 36.5 Å². The summed E-state index contributed by atoms with van der Waals surface area (Å²) in [4.78, 5) is 25.9. The highest BCUT2D eigenvalue weighted by atomic mass is 15.1. The van der Waals surface area contributed by atoms with Crippen LogP contribution in [0.5, 0.6) is 0 Å². The molecule has 6 rings (SSSR count). The van der Waals surface area contributed by atoms with Crippen molar-refractivity contribution in [2.24, 2.45) is 0 Å². The number of aromatic nitrogens is 8. The second-order valence-corrected chi connectivity index (χ2v) is 8.51. The number of hydrogen-bond donors (Lipinski definition) is 3. The number of anilines is 1. The van der Waals surface area contributed by atoms with Crippen LogP contribution in [0.1, 0.15) is 19.8 Å². The van der Waals surface area contributed by atoms with Crippen LogP contribution in [0.15, 0.2) is 79.8 Å². The molecule has 6 aromatic rings. The predicted octanol–water partition coefficient (Wildman–Crippen LogP) is 5.75. The van der Waals surface area contributed by atoms with E-state index in [4.69, 9.17) is 4.98 Å². The van der Waals surface area contributed by atoms with Gasteiger partial charge in [-0.05, 0) is 30.7 Å². The fourth-order valence-corrected chi connectivity index (χ4v) is 4.26. The Morgan fingerprint density at radius 3 is 2.78 bits per heavy atom. The third-order valence-corrected chi connectivity index (χ3v) is 5.94. The smallest absolute Gasteiger partial charge is 0.178 e. The van der Waals surface area contributed by atoms with Crippen molar-refractivity contribution in [3.63, 3.8) is 0 Å². The lowest BCUT2D eigenvalue weighted by atomic mass is 10.1. The highest BCUT2D eigenvalue weighted by Crippen LogP contribution is 2.32. The quantitative estimate of drug-likeness (QED) is 0.270. The van der Waals surface area contributed by atoms with Crippen LogP contribution in [0.4, 0.5) is 5.69 Å². The molecular weight excluding hydrogens is 450 g/mol. The Morgan fingerprint density at radius 2 is 1.92 bits per heavy atom. The maximum atomic E-state index is 4.74. The van der Waals surface area contributed by atoms with E-state index in [2.05, 4.69) is 53.9 Å². The summed E-state index contributed by atoms with van der Waals surface area (Å²) in [6, 6.07) is 9.90. The summed E-state index contributed by atoms with van der Waals surface area (Å²) in [7, 11) is 0. The molecule has 0 fully saturated rings. The van der Waals surface area contributed by atoms with E-state index in [-0.39, 0.29) is 0 Å². The van der Waals surface area contributed by atoms with Crippen molar-refractivity contribution in [1.29, 1.82) is 0 Å². The summed E-state index contributed by atoms with van der Waals surface area (Å²) < 4.78 is 0. The summed E-state index contributed by atoms with van der Waals surface area (Å²) in [6.45, 7) is 6.20. The van der Waals surface area contributed by atoms with Gasteiger partial charge in [0.25, 0.3) is 0 Å². The van der Waals surface area contributed by atoms with Crippen LogP contribution in [-0.4, -0.2) is 40.1 Å². The van der Waals surface area contributed by atoms with Crippen molar-refractivity contribution in [1.82, 2.24) is 40.1 Å². The van der Waals surface area contributed by atoms with Crippen molar-refractivity contribution in [3.05, 3.63) is 79.8 Å². The van der Waals surface area contributed by atoms with Crippen LogP contribution < -0.4 is 5.32 Å². The molecule has 36 heavy (non-hydrogen) atoms. The van der Waals surface area contributed by atoms with Gasteiger partial charge in [-0.3, -0.25) is 20.1 Å². The van der Waals surface area contributed by atoms with Crippen molar-refractivity contribution in [2.45, 2.75) is 19.8 Å². The van der Waals surface area contributed by atoms with E-state index in [0.29, 0.717) is 17.2 Å². The molecule has 0 aliphatic heterocycles. The number of rotatable bonds is 7. The van der Waals surface area contributed by atoms with Gasteiger partial charge in [0.15, 0.2) is 11.5 Å². The average molecular weight is 474 g/mol. The van der Waals surface area contributed by atoms with Crippen molar-refractivity contribution >= 4 is 27.8 Å². The zero-order valence-electron chi connectivity index (χ0n) is 19.7. The van der Waals surface area contributed by atoms with Crippen molar-refractivity contribution in [3.8, 4) is 33.9 Å². The van der Waals surface area contributed by atoms with E-state index in [0.717, 1.165) is 63.0 Å². The molecule has 9 heteroatoms. The molecule has 0 aromatic carbocycles. The van der Waals surface area contributed by atoms with E-state index < -0.39 is 0 Å². The molecule has 0 amide bonds. The number of nitrogens with one attached hydrogen (secondary N) is 3. The highest BCUT2D eigenvalue weighted by Gasteiger charge is 2.17. The minimum atomic E-state index is 0.618. The molecule has 0 aliphatic carbocycles. The standard InChI is InChI=1S/C27H23N9/c1-3-5-16(2)32-19-10-18(13-29-14-19)22-11-21-23(15-31-22)35-36-25(21)27-33-24-20(7-9-30-26(24)34-27)17-6-4-8-28-12-17/h4,6-15,32H,2-3,5H2,1H3,(H,35,36)(H,30,33,34). The maximum absolute atomic E-state index is 4.74. The Hall–Kier alpha value is -4.92. The summed E-state index contributed by atoms with van der Waals surface area (Å²) in [5.41, 5.74) is 8.45. The molecule has 3 N–H and O–H groups in total. The molecule has 9 nitrogen and oxygen atoms in total. The van der Waals surface area contributed by atoms with Gasteiger partial charge in [-0.2, -0.15) is 5.10 Å². The Balaban J connectivity index is 1.40. The first-order valence-corrected chi connectivity index (χ1v) is 11.7. The number of hydrogen-bond acceptors (Lipinski definition) is 7. The molecule has 0 saturated carbocycles. The van der Waals surface area contributed by atoms with E-state index in [9.17, 15) is 0 Å². The molecule has 176 valence electrons. The van der Waals surface area contributed by atoms with Gasteiger partial charge in [0.1, 0.15) is 5.69 Å². The second-order valence-electron chi connectivity index (χ2n) is 8.51. The molecule has 6 aromatic heterocycles. The van der Waals surface area contributed by atoms with E-state index in [1.54, 1.807) is 31.0 Å². The highest BCUT2D eigenvalue weighted by molar-refractivity contribution is 5.96. The largest absolute Gasteiger partial charge is 0.358 e. The van der Waals surface area contributed by atoms with Crippen molar-refractivity contribution in [2.75, 3.05) is 5.32 Å². The lowest BCUT2D eigenvalue weighted by Crippen LogP contribution is -1.98. The topological polar surface area (TPSA) is 121 Å². The molecule has 0 spiro atoms. The fraction of sp³-hybridized carbons (Fsp3) is 0.111. The average Bonchev–Trinajstić information content (AvgIpc) is 3.53. The summed E-state index contributed by atoms with van der Waals surface area (Å²) in [6.07, 6.45) is 12.6. The number of imidazole rings is 1. The van der Waals surface area contributed by atoms with Gasteiger partial charge >= 0.3 is 0 Å². The van der Waals surface area contributed by atoms with Gasteiger partial charge in [-0.15, -0.1) is 0 Å². The van der Waals surface area contributed by atoms with Gasteiger partial charge in [-0.1, -0.05) is 26.0 Å². The van der Waals surface area contributed by atoms with Crippen LogP contribution in [0.2, 0.25) is 0 Å². The normalized spacial score (nSPS) is 11.2. The summed E-state index contributed by atoms with van der Waals surface area (Å²) in [5, 5.41) is 11.8. The van der Waals surface area contributed by atoms with Crippen LogP contribution in [0.3, 0.4) is 0 Å². The summed E-state index contributed by atoms with van der Waals surface area (Å²) in [5.74, 6) is 0.627. The molecule has 6 heterocycles. The number of nitrogens with zero attached hydrogens (tertiary/aromatic N) is 6. The van der Waals surface area contributed by atoms with Crippen LogP contribution in [0.25, 0.3) is 56.0 Å². The molecule has 0 unspecified atom stereocenters. The minimum absolute atomic E-state index is 0.618. The number of fused-ring (bicyclic) bond motifs is 2. The fourth-order valence-electron chi connectivity index (χ4n) is 4.26. The molecule has 0 radical (unpaired) electrons. The van der Waals surface area contributed by atoms with Gasteiger partial charge in [0.05, 0.1) is 34.8 Å². The minimum Gasteiger partial charge on any atom is -0.358 e. The third kappa shape index (κ3) is 3.96. The van der Waals surface area contributed by atoms with Crippen LogP contribution in [-0.2, 0) is 0 Å². The lowest BCUT2D eigenvalue weighted by Gasteiger charge is -2.09. The van der Waals surface area contributed by atoms with Gasteiger partial charge in [0, 0.05) is 52.6 Å². The molecule has 0 saturated heterocycles. The van der Waals surface area contributed by atoms with Crippen LogP contribution >= 0.6 is 0 Å². The predicted molar refractivity (Wildman–Crippen MR) is 141 cm³/mol. The van der Waals surface area contributed by atoms with Gasteiger partial charge in [0.2, 0.25) is 0 Å². The van der Waals surface area contributed by atoms with Gasteiger partial charge < -0.3 is 10.3 Å². The number of H-pyrrole nitrogens is 2. The lowest BCUT2D eigenvalue weighted by molar-refractivity contribution is 0.913. The second kappa shape index (κ2) is 9.03. The number of allylic oxidation sites excluding steroid dienone is 1. The first-order valence-electron chi connectivity index (χ1n) is 11.7. The Kier molecular flexibility index (Phi) is 5.42. The monoisotopic (exact) mass is 473 g/mol. The molecular formula is C27H23N9. The molecule has 0 atom stereocenters.